The fraction of sp³-hybridized carbons (Fsp3) is 0.529. The van der Waals surface area contributed by atoms with Crippen molar-refractivity contribution in [3.05, 3.63) is 28.2 Å². The highest BCUT2D eigenvalue weighted by molar-refractivity contribution is 6.36. The van der Waals surface area contributed by atoms with E-state index in [4.69, 9.17) is 27.9 Å². The Morgan fingerprint density at radius 3 is 2.48 bits per heavy atom. The zero-order valence-corrected chi connectivity index (χ0v) is 15.2. The SMILES string of the molecule is COC(=O)[C@]1(C)CC[C@H](C(=O)Nc2ccc(Cl)cc2Cl)C1(C)C. The van der Waals surface area contributed by atoms with E-state index in [1.807, 2.05) is 20.8 Å². The average molecular weight is 358 g/mol. The number of carbonyl (C=O) groups excluding carboxylic acids is 2. The van der Waals surface area contributed by atoms with Crippen LogP contribution in [0.4, 0.5) is 5.69 Å². The van der Waals surface area contributed by atoms with Crippen molar-refractivity contribution in [2.45, 2.75) is 33.6 Å². The van der Waals surface area contributed by atoms with E-state index in [-0.39, 0.29) is 17.8 Å². The van der Waals surface area contributed by atoms with Crippen molar-refractivity contribution in [3.8, 4) is 0 Å². The lowest BCUT2D eigenvalue weighted by molar-refractivity contribution is -0.158. The molecule has 0 heterocycles. The van der Waals surface area contributed by atoms with Crippen molar-refractivity contribution >= 4 is 40.8 Å². The van der Waals surface area contributed by atoms with Crippen LogP contribution in [0, 0.1) is 16.7 Å². The summed E-state index contributed by atoms with van der Waals surface area (Å²) in [6.45, 7) is 5.73. The van der Waals surface area contributed by atoms with E-state index in [9.17, 15) is 9.59 Å². The minimum atomic E-state index is -0.687. The molecule has 0 bridgehead atoms. The van der Waals surface area contributed by atoms with E-state index < -0.39 is 10.8 Å². The number of methoxy groups -OCH3 is 1. The summed E-state index contributed by atoms with van der Waals surface area (Å²) in [5.41, 5.74) is -0.695. The van der Waals surface area contributed by atoms with Gasteiger partial charge in [-0.05, 0) is 43.4 Å². The molecule has 1 saturated carbocycles. The molecule has 1 aliphatic rings. The van der Waals surface area contributed by atoms with Crippen LogP contribution in [0.15, 0.2) is 18.2 Å². The molecule has 23 heavy (non-hydrogen) atoms. The number of halogens is 2. The molecule has 4 nitrogen and oxygen atoms in total. The largest absolute Gasteiger partial charge is 0.469 e. The van der Waals surface area contributed by atoms with Crippen molar-refractivity contribution in [2.75, 3.05) is 12.4 Å². The third-order valence-electron chi connectivity index (χ3n) is 5.37. The van der Waals surface area contributed by atoms with E-state index in [1.165, 1.54) is 7.11 Å². The Kier molecular flexibility index (Phi) is 4.97. The summed E-state index contributed by atoms with van der Waals surface area (Å²) in [5.74, 6) is -0.729. The lowest BCUT2D eigenvalue weighted by Crippen LogP contribution is -2.44. The molecule has 2 atom stereocenters. The fourth-order valence-corrected chi connectivity index (χ4v) is 3.82. The Balaban J connectivity index is 2.22. The molecule has 1 fully saturated rings. The van der Waals surface area contributed by atoms with Gasteiger partial charge in [0.1, 0.15) is 0 Å². The van der Waals surface area contributed by atoms with Crippen molar-refractivity contribution in [2.24, 2.45) is 16.7 Å². The van der Waals surface area contributed by atoms with Crippen molar-refractivity contribution in [1.29, 1.82) is 0 Å². The Labute approximate surface area is 146 Å². The Hall–Kier alpha value is -1.26. The van der Waals surface area contributed by atoms with Crippen LogP contribution in [-0.2, 0) is 14.3 Å². The molecule has 6 heteroatoms. The highest BCUT2D eigenvalue weighted by Crippen LogP contribution is 2.56. The third kappa shape index (κ3) is 3.07. The summed E-state index contributed by atoms with van der Waals surface area (Å²) >= 11 is 12.0. The van der Waals surface area contributed by atoms with Gasteiger partial charge in [-0.15, -0.1) is 0 Å². The van der Waals surface area contributed by atoms with Crippen molar-refractivity contribution in [3.63, 3.8) is 0 Å². The smallest absolute Gasteiger partial charge is 0.312 e. The third-order valence-corrected chi connectivity index (χ3v) is 5.92. The topological polar surface area (TPSA) is 55.4 Å². The molecular formula is C17H21Cl2NO3. The van der Waals surface area contributed by atoms with E-state index in [2.05, 4.69) is 5.32 Å². The Morgan fingerprint density at radius 2 is 1.91 bits per heavy atom. The van der Waals surface area contributed by atoms with Gasteiger partial charge >= 0.3 is 5.97 Å². The zero-order chi connectivity index (χ0) is 17.4. The fourth-order valence-electron chi connectivity index (χ4n) is 3.36. The number of amides is 1. The minimum Gasteiger partial charge on any atom is -0.469 e. The zero-order valence-electron chi connectivity index (χ0n) is 13.7. The molecule has 1 aromatic rings. The first kappa shape index (κ1) is 18.1. The van der Waals surface area contributed by atoms with Gasteiger partial charge < -0.3 is 10.1 Å². The number of nitrogens with one attached hydrogen (secondary N) is 1. The van der Waals surface area contributed by atoms with Crippen LogP contribution in [0.25, 0.3) is 0 Å². The first-order chi connectivity index (χ1) is 10.6. The quantitative estimate of drug-likeness (QED) is 0.807. The van der Waals surface area contributed by atoms with Crippen LogP contribution in [0.2, 0.25) is 10.0 Å². The molecule has 0 aliphatic heterocycles. The number of esters is 1. The van der Waals surface area contributed by atoms with Gasteiger partial charge in [0.15, 0.2) is 0 Å². The van der Waals surface area contributed by atoms with Gasteiger partial charge in [0, 0.05) is 10.9 Å². The standard InChI is InChI=1S/C17H21Cl2NO3/c1-16(2)11(7-8-17(16,3)15(22)23-4)14(21)20-13-6-5-10(18)9-12(13)19/h5-6,9,11H,7-8H2,1-4H3,(H,20,21)/t11-,17+/m1/s1. The van der Waals surface area contributed by atoms with Gasteiger partial charge in [-0.1, -0.05) is 37.0 Å². The van der Waals surface area contributed by atoms with Crippen LogP contribution in [-0.4, -0.2) is 19.0 Å². The van der Waals surface area contributed by atoms with Crippen LogP contribution in [0.1, 0.15) is 33.6 Å². The summed E-state index contributed by atoms with van der Waals surface area (Å²) < 4.78 is 4.94. The van der Waals surface area contributed by atoms with E-state index >= 15 is 0 Å². The number of carbonyl (C=O) groups is 2. The summed E-state index contributed by atoms with van der Waals surface area (Å²) in [7, 11) is 1.38. The summed E-state index contributed by atoms with van der Waals surface area (Å²) in [4.78, 5) is 24.9. The second-order valence-corrected chi connectivity index (χ2v) is 7.59. The van der Waals surface area contributed by atoms with Crippen LogP contribution in [0.3, 0.4) is 0 Å². The predicted molar refractivity (Wildman–Crippen MR) is 91.7 cm³/mol. The van der Waals surface area contributed by atoms with Crippen molar-refractivity contribution in [1.82, 2.24) is 0 Å². The number of hydrogen-bond donors (Lipinski definition) is 1. The molecule has 0 spiro atoms. The number of hydrogen-bond acceptors (Lipinski definition) is 3. The van der Waals surface area contributed by atoms with Gasteiger partial charge in [0.25, 0.3) is 0 Å². The van der Waals surface area contributed by atoms with E-state index in [0.29, 0.717) is 28.6 Å². The molecule has 1 N–H and O–H groups in total. The molecule has 1 aliphatic carbocycles. The van der Waals surface area contributed by atoms with E-state index in [0.717, 1.165) is 0 Å². The van der Waals surface area contributed by atoms with Crippen LogP contribution in [0.5, 0.6) is 0 Å². The van der Waals surface area contributed by atoms with Crippen molar-refractivity contribution < 1.29 is 14.3 Å². The highest BCUT2D eigenvalue weighted by Gasteiger charge is 2.58. The second-order valence-electron chi connectivity index (χ2n) is 6.75. The molecule has 1 aromatic carbocycles. The van der Waals surface area contributed by atoms with Gasteiger partial charge in [0.2, 0.25) is 5.91 Å². The lowest BCUT2D eigenvalue weighted by Gasteiger charge is -2.38. The Bertz CT molecular complexity index is 645. The maximum atomic E-state index is 12.7. The molecule has 0 radical (unpaired) electrons. The monoisotopic (exact) mass is 357 g/mol. The average Bonchev–Trinajstić information content (AvgIpc) is 2.72. The van der Waals surface area contributed by atoms with Gasteiger partial charge in [0.05, 0.1) is 23.2 Å². The van der Waals surface area contributed by atoms with Gasteiger partial charge in [-0.25, -0.2) is 0 Å². The number of ether oxygens (including phenoxy) is 1. The molecule has 1 amide bonds. The Morgan fingerprint density at radius 1 is 1.26 bits per heavy atom. The van der Waals surface area contributed by atoms with E-state index in [1.54, 1.807) is 18.2 Å². The normalized spacial score (nSPS) is 25.9. The minimum absolute atomic E-state index is 0.146. The predicted octanol–water partition coefficient (Wildman–Crippen LogP) is 4.55. The highest BCUT2D eigenvalue weighted by atomic mass is 35.5. The number of anilines is 1. The first-order valence-electron chi connectivity index (χ1n) is 7.48. The van der Waals surface area contributed by atoms with Crippen LogP contribution >= 0.6 is 23.2 Å². The molecule has 0 aromatic heterocycles. The molecule has 126 valence electrons. The molecule has 0 unspecified atom stereocenters. The molecular weight excluding hydrogens is 337 g/mol. The summed E-state index contributed by atoms with van der Waals surface area (Å²) in [6, 6.07) is 4.92. The second kappa shape index (κ2) is 6.33. The maximum absolute atomic E-state index is 12.7. The lowest BCUT2D eigenvalue weighted by atomic mass is 9.65. The first-order valence-corrected chi connectivity index (χ1v) is 8.23. The van der Waals surface area contributed by atoms with Gasteiger partial charge in [-0.3, -0.25) is 9.59 Å². The number of benzene rings is 1. The molecule has 2 rings (SSSR count). The molecule has 0 saturated heterocycles. The summed E-state index contributed by atoms with van der Waals surface area (Å²) in [6.07, 6.45) is 1.23. The summed E-state index contributed by atoms with van der Waals surface area (Å²) in [5, 5.41) is 3.74. The maximum Gasteiger partial charge on any atom is 0.312 e. The number of rotatable bonds is 3. The van der Waals surface area contributed by atoms with Crippen LogP contribution < -0.4 is 5.32 Å². The van der Waals surface area contributed by atoms with Gasteiger partial charge in [-0.2, -0.15) is 0 Å².